The van der Waals surface area contributed by atoms with Crippen molar-refractivity contribution in [2.45, 2.75) is 23.3 Å². The van der Waals surface area contributed by atoms with Crippen LogP contribution in [0.25, 0.3) is 11.1 Å². The number of thioether (sulfide) groups is 1. The molecule has 1 aliphatic heterocycles. The van der Waals surface area contributed by atoms with Gasteiger partial charge in [0.1, 0.15) is 17.2 Å². The van der Waals surface area contributed by atoms with Gasteiger partial charge in [-0.05, 0) is 78.7 Å². The topological polar surface area (TPSA) is 193 Å². The van der Waals surface area contributed by atoms with Gasteiger partial charge in [-0.1, -0.05) is 18.2 Å². The number of rotatable bonds is 15. The van der Waals surface area contributed by atoms with Gasteiger partial charge in [-0.15, -0.1) is 22.0 Å². The molecule has 280 valence electrons. The number of carbonyl (C=O) groups excluding carboxylic acids is 1. The van der Waals surface area contributed by atoms with Gasteiger partial charge in [0.05, 0.1) is 22.6 Å². The number of aromatic nitrogens is 3. The predicted molar refractivity (Wildman–Crippen MR) is 205 cm³/mol. The number of benzene rings is 3. The fourth-order valence-electron chi connectivity index (χ4n) is 5.85. The second-order valence-corrected chi connectivity index (χ2v) is 15.1. The molecule has 0 bridgehead atoms. The van der Waals surface area contributed by atoms with E-state index in [2.05, 4.69) is 31.5 Å². The van der Waals surface area contributed by atoms with Gasteiger partial charge >= 0.3 is 0 Å². The van der Waals surface area contributed by atoms with Crippen molar-refractivity contribution in [3.63, 3.8) is 0 Å². The maximum atomic E-state index is 13.1. The fourth-order valence-corrected chi connectivity index (χ4v) is 7.62. The molecule has 0 spiro atoms. The molecule has 54 heavy (non-hydrogen) atoms. The van der Waals surface area contributed by atoms with Gasteiger partial charge in [0, 0.05) is 67.7 Å². The van der Waals surface area contributed by atoms with E-state index in [1.807, 2.05) is 59.0 Å². The van der Waals surface area contributed by atoms with Gasteiger partial charge in [0.15, 0.2) is 11.5 Å². The minimum absolute atomic E-state index is 0.0847. The second-order valence-electron chi connectivity index (χ2n) is 12.2. The Balaban J connectivity index is 1.03. The fraction of sp³-hybridized carbons (Fsp3) is 0.243. The molecular formula is C37H38N8O7S2. The van der Waals surface area contributed by atoms with E-state index in [0.29, 0.717) is 44.4 Å². The zero-order valence-electron chi connectivity index (χ0n) is 29.3. The summed E-state index contributed by atoms with van der Waals surface area (Å²) in [5.74, 6) is 0.959. The van der Waals surface area contributed by atoms with E-state index in [1.54, 1.807) is 30.1 Å². The monoisotopic (exact) mass is 770 g/mol. The normalized spacial score (nSPS) is 13.3. The lowest BCUT2D eigenvalue weighted by molar-refractivity contribution is -0.384. The molecule has 6 rings (SSSR count). The number of carbonyl (C=O) groups is 1. The van der Waals surface area contributed by atoms with Gasteiger partial charge in [0.25, 0.3) is 21.6 Å². The Hall–Kier alpha value is -5.78. The molecular weight excluding hydrogens is 733 g/mol. The van der Waals surface area contributed by atoms with Crippen LogP contribution in [0.5, 0.6) is 11.5 Å². The van der Waals surface area contributed by atoms with Crippen LogP contribution < -0.4 is 19.7 Å². The van der Waals surface area contributed by atoms with Gasteiger partial charge in [-0.25, -0.2) is 13.1 Å². The Kier molecular flexibility index (Phi) is 12.2. The van der Waals surface area contributed by atoms with Gasteiger partial charge in [-0.3, -0.25) is 24.8 Å². The number of ether oxygens (including phenoxy) is 1. The Morgan fingerprint density at radius 3 is 2.46 bits per heavy atom. The van der Waals surface area contributed by atoms with E-state index in [0.717, 1.165) is 46.5 Å². The third kappa shape index (κ3) is 9.80. The number of hydrogen-bond acceptors (Lipinski definition) is 14. The van der Waals surface area contributed by atoms with Crippen LogP contribution in [0.4, 0.5) is 17.2 Å². The highest BCUT2D eigenvalue weighted by Crippen LogP contribution is 2.30. The number of aromatic hydroxyl groups is 1. The summed E-state index contributed by atoms with van der Waals surface area (Å²) in [5.41, 5.74) is 2.22. The first-order valence-corrected chi connectivity index (χ1v) is 19.5. The summed E-state index contributed by atoms with van der Waals surface area (Å²) in [6.45, 7) is 6.23. The summed E-state index contributed by atoms with van der Waals surface area (Å²) in [4.78, 5) is 33.1. The summed E-state index contributed by atoms with van der Waals surface area (Å²) in [6, 6.07) is 23.8. The molecule has 0 aliphatic carbocycles. The van der Waals surface area contributed by atoms with E-state index < -0.39 is 31.4 Å². The van der Waals surface area contributed by atoms with Crippen LogP contribution in [0, 0.1) is 10.1 Å². The molecule has 1 fully saturated rings. The van der Waals surface area contributed by atoms with Crippen molar-refractivity contribution >= 4 is 44.9 Å². The molecule has 1 aliphatic rings. The number of piperazine rings is 1. The van der Waals surface area contributed by atoms with Crippen molar-refractivity contribution in [3.05, 3.63) is 119 Å². The van der Waals surface area contributed by atoms with Crippen LogP contribution in [0.2, 0.25) is 0 Å². The van der Waals surface area contributed by atoms with E-state index in [4.69, 9.17) is 4.74 Å². The van der Waals surface area contributed by atoms with E-state index >= 15 is 0 Å². The lowest BCUT2D eigenvalue weighted by Gasteiger charge is -2.35. The maximum Gasteiger partial charge on any atom is 0.293 e. The molecule has 15 nitrogen and oxygen atoms in total. The standard InChI is InChI=1S/C37H38N8O7S2/c1-2-52-30-19-26(18-27(21-30)28-20-29(46)24-38-23-28)25-43-13-15-44(16-14-43)36-11-10-34(40-41-36)37(47)42-54(50,51)32-8-9-33(35(22-32)45(48)49)39-12-17-53-31-6-4-3-5-7-31/h3-11,18-24,39,46H,2,12-17,25H2,1H3,(H,42,47). The molecule has 1 saturated heterocycles. The van der Waals surface area contributed by atoms with Gasteiger partial charge < -0.3 is 20.1 Å². The highest BCUT2D eigenvalue weighted by Gasteiger charge is 2.25. The number of hydrogen-bond donors (Lipinski definition) is 3. The molecule has 0 unspecified atom stereocenters. The number of nitro groups is 1. The number of amides is 1. The molecule has 5 aromatic rings. The van der Waals surface area contributed by atoms with E-state index in [1.165, 1.54) is 24.4 Å². The zero-order valence-corrected chi connectivity index (χ0v) is 30.9. The van der Waals surface area contributed by atoms with Crippen molar-refractivity contribution in [2.24, 2.45) is 0 Å². The summed E-state index contributed by atoms with van der Waals surface area (Å²) < 4.78 is 33.9. The van der Waals surface area contributed by atoms with Crippen molar-refractivity contribution in [2.75, 3.05) is 55.3 Å². The number of anilines is 2. The average Bonchev–Trinajstić information content (AvgIpc) is 3.17. The van der Waals surface area contributed by atoms with Crippen molar-refractivity contribution in [1.82, 2.24) is 24.8 Å². The Morgan fingerprint density at radius 1 is 0.963 bits per heavy atom. The molecule has 0 saturated carbocycles. The van der Waals surface area contributed by atoms with Crippen LogP contribution in [-0.4, -0.2) is 89.5 Å². The van der Waals surface area contributed by atoms with Gasteiger partial charge in [0.2, 0.25) is 0 Å². The summed E-state index contributed by atoms with van der Waals surface area (Å²) in [6.07, 6.45) is 3.08. The number of sulfonamides is 1. The highest BCUT2D eigenvalue weighted by atomic mass is 32.2. The Bertz CT molecular complexity index is 2200. The first-order valence-electron chi connectivity index (χ1n) is 17.1. The predicted octanol–water partition coefficient (Wildman–Crippen LogP) is 5.20. The molecule has 2 aromatic heterocycles. The minimum Gasteiger partial charge on any atom is -0.506 e. The number of nitrogens with one attached hydrogen (secondary N) is 2. The second kappa shape index (κ2) is 17.4. The van der Waals surface area contributed by atoms with Crippen LogP contribution >= 0.6 is 11.8 Å². The largest absolute Gasteiger partial charge is 0.506 e. The van der Waals surface area contributed by atoms with Crippen molar-refractivity contribution in [1.29, 1.82) is 0 Å². The summed E-state index contributed by atoms with van der Waals surface area (Å²) >= 11 is 1.57. The number of nitrogens with zero attached hydrogens (tertiary/aromatic N) is 6. The van der Waals surface area contributed by atoms with Gasteiger partial charge in [-0.2, -0.15) is 0 Å². The average molecular weight is 771 g/mol. The first kappa shape index (κ1) is 38.0. The van der Waals surface area contributed by atoms with Crippen LogP contribution in [0.1, 0.15) is 23.0 Å². The first-order chi connectivity index (χ1) is 26.1. The number of nitro benzene ring substituents is 1. The molecule has 0 atom stereocenters. The van der Waals surface area contributed by atoms with Crippen LogP contribution in [0.3, 0.4) is 0 Å². The third-order valence-corrected chi connectivity index (χ3v) is 10.8. The van der Waals surface area contributed by atoms with E-state index in [-0.39, 0.29) is 17.1 Å². The van der Waals surface area contributed by atoms with Crippen molar-refractivity contribution < 1.29 is 28.0 Å². The molecule has 0 radical (unpaired) electrons. The SMILES string of the molecule is CCOc1cc(CN2CCN(c3ccc(C(=O)NS(=O)(=O)c4ccc(NCCSc5ccccc5)c([N+](=O)[O-])c4)nn3)CC2)cc(-c2cncc(O)c2)c1. The molecule has 17 heteroatoms. The highest BCUT2D eigenvalue weighted by molar-refractivity contribution is 7.99. The molecule has 1 amide bonds. The van der Waals surface area contributed by atoms with Crippen LogP contribution in [-0.2, 0) is 16.6 Å². The van der Waals surface area contributed by atoms with Crippen molar-refractivity contribution in [3.8, 4) is 22.6 Å². The minimum atomic E-state index is -4.47. The number of pyridine rings is 1. The smallest absolute Gasteiger partial charge is 0.293 e. The molecule has 3 N–H and O–H groups in total. The Labute approximate surface area is 316 Å². The van der Waals surface area contributed by atoms with E-state index in [9.17, 15) is 28.4 Å². The zero-order chi connectivity index (χ0) is 38.1. The quantitative estimate of drug-likeness (QED) is 0.0545. The Morgan fingerprint density at radius 2 is 1.76 bits per heavy atom. The van der Waals surface area contributed by atoms with Crippen LogP contribution in [0.15, 0.2) is 107 Å². The summed E-state index contributed by atoms with van der Waals surface area (Å²) in [7, 11) is -4.47. The third-order valence-electron chi connectivity index (χ3n) is 8.45. The lowest BCUT2D eigenvalue weighted by atomic mass is 10.0. The maximum absolute atomic E-state index is 13.1. The summed E-state index contributed by atoms with van der Waals surface area (Å²) in [5, 5.41) is 32.9. The molecule has 3 aromatic carbocycles. The molecule has 3 heterocycles. The lowest BCUT2D eigenvalue weighted by Crippen LogP contribution is -2.46.